The molecular weight excluding hydrogens is 286 g/mol. The molecule has 0 aromatic carbocycles. The van der Waals surface area contributed by atoms with Crippen molar-refractivity contribution >= 4 is 28.0 Å². The van der Waals surface area contributed by atoms with Gasteiger partial charge in [-0.2, -0.15) is 5.10 Å². The first kappa shape index (κ1) is 13.8. The Morgan fingerprint density at radius 2 is 2.29 bits per heavy atom. The van der Waals surface area contributed by atoms with Gasteiger partial charge in [-0.05, 0) is 0 Å². The fourth-order valence-corrected chi connectivity index (χ4v) is 2.70. The molecule has 0 unspecified atom stereocenters. The van der Waals surface area contributed by atoms with Crippen LogP contribution in [0.4, 0.5) is 5.82 Å². The lowest BCUT2D eigenvalue weighted by molar-refractivity contribution is -0.115. The lowest BCUT2D eigenvalue weighted by Crippen LogP contribution is -2.15. The summed E-state index contributed by atoms with van der Waals surface area (Å²) in [6.07, 6.45) is 4.04. The van der Waals surface area contributed by atoms with E-state index in [9.17, 15) is 4.79 Å². The number of amides is 1. The number of anilines is 1. The normalized spacial score (nSPS) is 12.0. The molecule has 21 heavy (non-hydrogen) atoms. The topological polar surface area (TPSA) is 75.1 Å². The summed E-state index contributed by atoms with van der Waals surface area (Å²) in [7, 11) is 0. The van der Waals surface area contributed by atoms with E-state index in [4.69, 9.17) is 0 Å². The van der Waals surface area contributed by atoms with Gasteiger partial charge in [-0.3, -0.25) is 14.3 Å². The Hall–Kier alpha value is -2.15. The summed E-state index contributed by atoms with van der Waals surface area (Å²) in [6, 6.07) is 1.86. The van der Waals surface area contributed by atoms with E-state index in [1.807, 2.05) is 28.2 Å². The first-order valence-electron chi connectivity index (χ1n) is 6.68. The van der Waals surface area contributed by atoms with E-state index in [0.29, 0.717) is 5.82 Å². The predicted octanol–water partition coefficient (Wildman–Crippen LogP) is 2.60. The highest BCUT2D eigenvalue weighted by Gasteiger charge is 2.17. The van der Waals surface area contributed by atoms with Gasteiger partial charge in [-0.25, -0.2) is 4.98 Å². The minimum atomic E-state index is -0.118. The zero-order valence-electron chi connectivity index (χ0n) is 12.2. The third-order valence-electron chi connectivity index (χ3n) is 3.14. The molecule has 0 spiro atoms. The number of H-pyrrole nitrogens is 1. The average molecular weight is 303 g/mol. The molecule has 3 heterocycles. The Morgan fingerprint density at radius 3 is 2.95 bits per heavy atom. The van der Waals surface area contributed by atoms with E-state index in [1.54, 1.807) is 11.3 Å². The maximum absolute atomic E-state index is 12.0. The smallest absolute Gasteiger partial charge is 0.231 e. The molecule has 7 heteroatoms. The Bertz CT molecular complexity index is 748. The zero-order chi connectivity index (χ0) is 15.0. The van der Waals surface area contributed by atoms with Gasteiger partial charge in [-0.1, -0.05) is 20.8 Å². The highest BCUT2D eigenvalue weighted by Crippen LogP contribution is 2.22. The molecule has 0 atom stereocenters. The summed E-state index contributed by atoms with van der Waals surface area (Å²) < 4.78 is 1.92. The molecule has 0 fully saturated rings. The molecule has 2 N–H and O–H groups in total. The van der Waals surface area contributed by atoms with Crippen LogP contribution in [0.1, 0.15) is 32.2 Å². The number of thiazole rings is 1. The molecule has 3 aromatic heterocycles. The minimum Gasteiger partial charge on any atom is -0.309 e. The highest BCUT2D eigenvalue weighted by molar-refractivity contribution is 7.15. The van der Waals surface area contributed by atoms with Gasteiger partial charge in [-0.15, -0.1) is 11.3 Å². The maximum Gasteiger partial charge on any atom is 0.231 e. The number of carbonyl (C=O) groups is 1. The Morgan fingerprint density at radius 1 is 1.48 bits per heavy atom. The molecule has 0 saturated carbocycles. The molecule has 3 rings (SSSR count). The second-order valence-corrected chi connectivity index (χ2v) is 6.84. The molecule has 0 radical (unpaired) electrons. The monoisotopic (exact) mass is 303 g/mol. The number of rotatable bonds is 3. The summed E-state index contributed by atoms with van der Waals surface area (Å²) in [5.41, 5.74) is 1.72. The molecule has 0 saturated heterocycles. The molecule has 0 aliphatic rings. The largest absolute Gasteiger partial charge is 0.309 e. The molecule has 0 aliphatic carbocycles. The fourth-order valence-electron chi connectivity index (χ4n) is 1.98. The van der Waals surface area contributed by atoms with Gasteiger partial charge >= 0.3 is 0 Å². The van der Waals surface area contributed by atoms with E-state index in [-0.39, 0.29) is 17.7 Å². The van der Waals surface area contributed by atoms with Crippen LogP contribution in [0.25, 0.3) is 4.96 Å². The first-order chi connectivity index (χ1) is 9.91. The standard InChI is InChI=1S/C14H17N5OS/c1-14(2,3)10-7-11(18-17-10)16-12(20)6-9-8-19-4-5-21-13(19)15-9/h4-5,7-8H,6H2,1-3H3,(H2,16,17,18,20). The summed E-state index contributed by atoms with van der Waals surface area (Å²) >= 11 is 1.55. The fraction of sp³-hybridized carbons (Fsp3) is 0.357. The average Bonchev–Trinajstić information content (AvgIpc) is 3.02. The summed E-state index contributed by atoms with van der Waals surface area (Å²) in [6.45, 7) is 6.26. The summed E-state index contributed by atoms with van der Waals surface area (Å²) in [4.78, 5) is 17.3. The van der Waals surface area contributed by atoms with Crippen LogP contribution in [0.15, 0.2) is 23.8 Å². The number of hydrogen-bond donors (Lipinski definition) is 2. The molecule has 110 valence electrons. The number of nitrogens with zero attached hydrogens (tertiary/aromatic N) is 3. The van der Waals surface area contributed by atoms with Gasteiger partial charge < -0.3 is 5.32 Å². The Balaban J connectivity index is 1.66. The maximum atomic E-state index is 12.0. The van der Waals surface area contributed by atoms with Gasteiger partial charge in [0, 0.05) is 34.9 Å². The van der Waals surface area contributed by atoms with Crippen LogP contribution in [-0.2, 0) is 16.6 Å². The number of imidazole rings is 1. The van der Waals surface area contributed by atoms with Crippen LogP contribution < -0.4 is 5.32 Å². The third-order valence-corrected chi connectivity index (χ3v) is 3.91. The predicted molar refractivity (Wildman–Crippen MR) is 82.7 cm³/mol. The molecule has 1 amide bonds. The van der Waals surface area contributed by atoms with Crippen LogP contribution in [-0.4, -0.2) is 25.5 Å². The van der Waals surface area contributed by atoms with E-state index >= 15 is 0 Å². The van der Waals surface area contributed by atoms with Crippen LogP contribution in [0.5, 0.6) is 0 Å². The van der Waals surface area contributed by atoms with Crippen LogP contribution in [0.3, 0.4) is 0 Å². The quantitative estimate of drug-likeness (QED) is 0.781. The first-order valence-corrected chi connectivity index (χ1v) is 7.56. The minimum absolute atomic E-state index is 0.0236. The van der Waals surface area contributed by atoms with Crippen molar-refractivity contribution in [2.75, 3.05) is 5.32 Å². The van der Waals surface area contributed by atoms with E-state index in [2.05, 4.69) is 41.3 Å². The number of carbonyl (C=O) groups excluding carboxylic acids is 1. The van der Waals surface area contributed by atoms with Gasteiger partial charge in [0.25, 0.3) is 0 Å². The number of aromatic amines is 1. The van der Waals surface area contributed by atoms with Gasteiger partial charge in [0.15, 0.2) is 10.8 Å². The highest BCUT2D eigenvalue weighted by atomic mass is 32.1. The number of hydrogen-bond acceptors (Lipinski definition) is 4. The van der Waals surface area contributed by atoms with Crippen molar-refractivity contribution in [3.63, 3.8) is 0 Å². The van der Waals surface area contributed by atoms with E-state index in [1.165, 1.54) is 0 Å². The van der Waals surface area contributed by atoms with Gasteiger partial charge in [0.05, 0.1) is 12.1 Å². The Kier molecular flexibility index (Phi) is 3.29. The second-order valence-electron chi connectivity index (χ2n) is 5.97. The summed E-state index contributed by atoms with van der Waals surface area (Å²) in [5, 5.41) is 11.8. The van der Waals surface area contributed by atoms with Gasteiger partial charge in [0.2, 0.25) is 5.91 Å². The lowest BCUT2D eigenvalue weighted by atomic mass is 9.92. The van der Waals surface area contributed by atoms with Crippen molar-refractivity contribution in [3.05, 3.63) is 35.2 Å². The van der Waals surface area contributed by atoms with Crippen molar-refractivity contribution < 1.29 is 4.79 Å². The van der Waals surface area contributed by atoms with E-state index in [0.717, 1.165) is 16.3 Å². The van der Waals surface area contributed by atoms with Crippen molar-refractivity contribution in [2.24, 2.45) is 0 Å². The number of aromatic nitrogens is 4. The van der Waals surface area contributed by atoms with E-state index < -0.39 is 0 Å². The van der Waals surface area contributed by atoms with Crippen molar-refractivity contribution in [3.8, 4) is 0 Å². The van der Waals surface area contributed by atoms with Crippen LogP contribution in [0.2, 0.25) is 0 Å². The molecule has 0 aliphatic heterocycles. The lowest BCUT2D eigenvalue weighted by Gasteiger charge is -2.14. The molecule has 0 bridgehead atoms. The SMILES string of the molecule is CC(C)(C)c1cc(NC(=O)Cc2cn3ccsc3n2)n[nH]1. The third kappa shape index (κ3) is 2.97. The van der Waals surface area contributed by atoms with Crippen molar-refractivity contribution in [2.45, 2.75) is 32.6 Å². The number of nitrogens with one attached hydrogen (secondary N) is 2. The van der Waals surface area contributed by atoms with Crippen molar-refractivity contribution in [1.82, 2.24) is 19.6 Å². The summed E-state index contributed by atoms with van der Waals surface area (Å²) in [5.74, 6) is 0.429. The van der Waals surface area contributed by atoms with Crippen molar-refractivity contribution in [1.29, 1.82) is 0 Å². The molecular formula is C14H17N5OS. The Labute approximate surface area is 126 Å². The second kappa shape index (κ2) is 5.00. The van der Waals surface area contributed by atoms with Gasteiger partial charge in [0.1, 0.15) is 0 Å². The molecule has 6 nitrogen and oxygen atoms in total. The zero-order valence-corrected chi connectivity index (χ0v) is 13.0. The number of fused-ring (bicyclic) bond motifs is 1. The molecule has 3 aromatic rings. The van der Waals surface area contributed by atoms with Crippen LogP contribution in [0, 0.1) is 0 Å². The van der Waals surface area contributed by atoms with Crippen LogP contribution >= 0.6 is 11.3 Å².